The van der Waals surface area contributed by atoms with Gasteiger partial charge in [-0.15, -0.1) is 0 Å². The lowest BCUT2D eigenvalue weighted by atomic mass is 10.2. The van der Waals surface area contributed by atoms with Crippen molar-refractivity contribution in [1.29, 1.82) is 0 Å². The minimum absolute atomic E-state index is 0.0598. The highest BCUT2D eigenvalue weighted by Crippen LogP contribution is 2.33. The van der Waals surface area contributed by atoms with E-state index in [2.05, 4.69) is 4.72 Å². The number of amides is 1. The largest absolute Gasteiger partial charge is 0.506 e. The van der Waals surface area contributed by atoms with Gasteiger partial charge in [0.05, 0.1) is 18.4 Å². The third-order valence-corrected chi connectivity index (χ3v) is 5.70. The van der Waals surface area contributed by atoms with Crippen molar-refractivity contribution in [3.63, 3.8) is 0 Å². The van der Waals surface area contributed by atoms with E-state index in [1.807, 2.05) is 0 Å². The van der Waals surface area contributed by atoms with E-state index in [0.717, 1.165) is 18.2 Å². The van der Waals surface area contributed by atoms with Gasteiger partial charge in [0.25, 0.3) is 10.0 Å². The van der Waals surface area contributed by atoms with Crippen molar-refractivity contribution in [2.75, 3.05) is 23.3 Å². The van der Waals surface area contributed by atoms with Crippen LogP contribution >= 0.6 is 0 Å². The Kier molecular flexibility index (Phi) is 5.14. The van der Waals surface area contributed by atoms with Gasteiger partial charge in [0, 0.05) is 18.7 Å². The normalized spacial score (nSPS) is 14.2. The number of rotatable bonds is 6. The van der Waals surface area contributed by atoms with E-state index in [4.69, 9.17) is 9.84 Å². The van der Waals surface area contributed by atoms with Crippen molar-refractivity contribution in [3.05, 3.63) is 42.0 Å². The number of hydrogen-bond acceptors (Lipinski definition) is 6. The number of sulfonamides is 1. The molecule has 0 radical (unpaired) electrons. The van der Waals surface area contributed by atoms with Gasteiger partial charge < -0.3 is 19.8 Å². The summed E-state index contributed by atoms with van der Waals surface area (Å²) in [5.41, 5.74) is 0.0522. The molecule has 1 saturated heterocycles. The van der Waals surface area contributed by atoms with Crippen LogP contribution in [-0.4, -0.2) is 44.2 Å². The predicted octanol–water partition coefficient (Wildman–Crippen LogP) is 2.03. The lowest BCUT2D eigenvalue weighted by Gasteiger charge is -2.19. The number of ether oxygens (including phenoxy) is 1. The first-order valence-electron chi connectivity index (χ1n) is 8.30. The summed E-state index contributed by atoms with van der Waals surface area (Å²) in [6.45, 7) is 0.496. The van der Waals surface area contributed by atoms with Gasteiger partial charge in [0.15, 0.2) is 0 Å². The first-order valence-corrected chi connectivity index (χ1v) is 9.79. The maximum atomic E-state index is 12.9. The molecule has 3 N–H and O–H groups in total. The molecular formula is C18H18N2O7S. The van der Waals surface area contributed by atoms with E-state index in [1.165, 1.54) is 24.1 Å². The molecule has 1 fully saturated rings. The molecule has 1 amide bonds. The average molecular weight is 406 g/mol. The summed E-state index contributed by atoms with van der Waals surface area (Å²) in [7, 11) is -2.89. The number of benzene rings is 2. The smallest absolute Gasteiger partial charge is 0.335 e. The number of aromatic carboxylic acids is 1. The predicted molar refractivity (Wildman–Crippen MR) is 100 cm³/mol. The fourth-order valence-corrected chi connectivity index (χ4v) is 4.18. The van der Waals surface area contributed by atoms with Crippen LogP contribution in [-0.2, 0) is 14.8 Å². The van der Waals surface area contributed by atoms with Gasteiger partial charge in [0.2, 0.25) is 5.91 Å². The fourth-order valence-electron chi connectivity index (χ4n) is 2.92. The molecule has 2 aromatic rings. The number of nitrogens with one attached hydrogen (secondary N) is 1. The molecule has 28 heavy (non-hydrogen) atoms. The number of methoxy groups -OCH3 is 1. The monoisotopic (exact) mass is 406 g/mol. The molecule has 0 bridgehead atoms. The number of carbonyl (C=O) groups excluding carboxylic acids is 1. The van der Waals surface area contributed by atoms with Crippen LogP contribution in [0.2, 0.25) is 0 Å². The summed E-state index contributed by atoms with van der Waals surface area (Å²) < 4.78 is 33.1. The van der Waals surface area contributed by atoms with E-state index in [0.29, 0.717) is 25.1 Å². The van der Waals surface area contributed by atoms with Gasteiger partial charge in [-0.1, -0.05) is 0 Å². The Bertz CT molecular complexity index is 1050. The van der Waals surface area contributed by atoms with Crippen molar-refractivity contribution >= 4 is 33.3 Å². The van der Waals surface area contributed by atoms with Gasteiger partial charge in [-0.05, 0) is 42.8 Å². The summed E-state index contributed by atoms with van der Waals surface area (Å²) in [5, 5.41) is 18.9. The van der Waals surface area contributed by atoms with Gasteiger partial charge >= 0.3 is 5.97 Å². The second-order valence-corrected chi connectivity index (χ2v) is 7.78. The Morgan fingerprint density at radius 2 is 1.96 bits per heavy atom. The van der Waals surface area contributed by atoms with Crippen LogP contribution in [0.15, 0.2) is 41.3 Å². The van der Waals surface area contributed by atoms with Crippen molar-refractivity contribution in [3.8, 4) is 11.5 Å². The van der Waals surface area contributed by atoms with Crippen LogP contribution in [0.25, 0.3) is 0 Å². The van der Waals surface area contributed by atoms with E-state index in [-0.39, 0.29) is 27.8 Å². The quantitative estimate of drug-likeness (QED) is 0.625. The summed E-state index contributed by atoms with van der Waals surface area (Å²) >= 11 is 0. The number of carboxylic acid groups (broad SMARTS) is 1. The Labute approximate surface area is 161 Å². The summed E-state index contributed by atoms with van der Waals surface area (Å²) in [4.78, 5) is 24.2. The molecule has 0 saturated carbocycles. The van der Waals surface area contributed by atoms with Crippen LogP contribution in [0.1, 0.15) is 23.2 Å². The van der Waals surface area contributed by atoms with Gasteiger partial charge in [0.1, 0.15) is 16.4 Å². The molecule has 0 aliphatic carbocycles. The Morgan fingerprint density at radius 3 is 2.54 bits per heavy atom. The van der Waals surface area contributed by atoms with E-state index < -0.39 is 21.7 Å². The molecule has 3 rings (SSSR count). The molecule has 10 heteroatoms. The number of carboxylic acids is 1. The molecule has 148 valence electrons. The molecule has 0 unspecified atom stereocenters. The van der Waals surface area contributed by atoms with Crippen molar-refractivity contribution in [2.45, 2.75) is 17.7 Å². The SMILES string of the molecule is COc1ccc(N2CCCC2=O)cc1S(=O)(=O)Nc1ccc(C(=O)O)cc1O. The Balaban J connectivity index is 1.99. The van der Waals surface area contributed by atoms with Crippen LogP contribution in [0.5, 0.6) is 11.5 Å². The van der Waals surface area contributed by atoms with Crippen LogP contribution in [0.4, 0.5) is 11.4 Å². The molecule has 1 heterocycles. The number of carbonyl (C=O) groups is 2. The molecule has 0 atom stereocenters. The maximum Gasteiger partial charge on any atom is 0.335 e. The highest BCUT2D eigenvalue weighted by molar-refractivity contribution is 7.92. The molecule has 0 aromatic heterocycles. The van der Waals surface area contributed by atoms with Gasteiger partial charge in [-0.3, -0.25) is 9.52 Å². The van der Waals surface area contributed by atoms with E-state index in [9.17, 15) is 23.1 Å². The lowest BCUT2D eigenvalue weighted by molar-refractivity contribution is -0.117. The first-order chi connectivity index (χ1) is 13.2. The third kappa shape index (κ3) is 3.72. The third-order valence-electron chi connectivity index (χ3n) is 4.31. The maximum absolute atomic E-state index is 12.9. The fraction of sp³-hybridized carbons (Fsp3) is 0.222. The zero-order valence-electron chi connectivity index (χ0n) is 14.9. The second kappa shape index (κ2) is 7.39. The minimum Gasteiger partial charge on any atom is -0.506 e. The molecule has 1 aliphatic rings. The lowest BCUT2D eigenvalue weighted by Crippen LogP contribution is -2.24. The number of hydrogen-bond donors (Lipinski definition) is 3. The summed E-state index contributed by atoms with van der Waals surface area (Å²) in [6, 6.07) is 7.62. The Hall–Kier alpha value is -3.27. The molecule has 9 nitrogen and oxygen atoms in total. The van der Waals surface area contributed by atoms with Gasteiger partial charge in [-0.25, -0.2) is 13.2 Å². The number of phenols is 1. The van der Waals surface area contributed by atoms with Crippen LogP contribution in [0.3, 0.4) is 0 Å². The zero-order chi connectivity index (χ0) is 20.5. The Morgan fingerprint density at radius 1 is 1.21 bits per heavy atom. The highest BCUT2D eigenvalue weighted by atomic mass is 32.2. The van der Waals surface area contributed by atoms with Gasteiger partial charge in [-0.2, -0.15) is 0 Å². The number of anilines is 2. The minimum atomic E-state index is -4.20. The van der Waals surface area contributed by atoms with Crippen molar-refractivity contribution < 1.29 is 33.0 Å². The summed E-state index contributed by atoms with van der Waals surface area (Å²) in [6.07, 6.45) is 1.09. The van der Waals surface area contributed by atoms with E-state index in [1.54, 1.807) is 6.07 Å². The standard InChI is InChI=1S/C18H18N2O7S/c1-27-15-7-5-12(20-8-2-3-17(20)22)10-16(15)28(25,26)19-13-6-4-11(18(23)24)9-14(13)21/h4-7,9-10,19,21H,2-3,8H2,1H3,(H,23,24). The topological polar surface area (TPSA) is 133 Å². The van der Waals surface area contributed by atoms with Crippen molar-refractivity contribution in [2.24, 2.45) is 0 Å². The van der Waals surface area contributed by atoms with Crippen LogP contribution in [0, 0.1) is 0 Å². The number of aromatic hydroxyl groups is 1. The summed E-state index contributed by atoms with van der Waals surface area (Å²) in [5.74, 6) is -1.82. The van der Waals surface area contributed by atoms with E-state index >= 15 is 0 Å². The first kappa shape index (κ1) is 19.5. The second-order valence-electron chi connectivity index (χ2n) is 6.13. The molecular weight excluding hydrogens is 388 g/mol. The number of phenolic OH excluding ortho intramolecular Hbond substituents is 1. The van der Waals surface area contributed by atoms with Crippen LogP contribution < -0.4 is 14.4 Å². The number of nitrogens with zero attached hydrogens (tertiary/aromatic N) is 1. The zero-order valence-corrected chi connectivity index (χ0v) is 15.7. The molecule has 0 spiro atoms. The average Bonchev–Trinajstić information content (AvgIpc) is 3.08. The van der Waals surface area contributed by atoms with Crippen molar-refractivity contribution in [1.82, 2.24) is 0 Å². The molecule has 1 aliphatic heterocycles. The molecule has 2 aromatic carbocycles. The highest BCUT2D eigenvalue weighted by Gasteiger charge is 2.26.